The van der Waals surface area contributed by atoms with Crippen LogP contribution in [-0.2, 0) is 4.79 Å². The fourth-order valence-corrected chi connectivity index (χ4v) is 0.805. The standard InChI is InChI=1S/C5H6ClF3O2/c6-3(1-4(10)11)2-5(7,8)9/h3H,1-2H2,(H,10,11)/p-1. The second kappa shape index (κ2) is 3.80. The van der Waals surface area contributed by atoms with Gasteiger partial charge in [0.25, 0.3) is 0 Å². The highest BCUT2D eigenvalue weighted by molar-refractivity contribution is 6.21. The number of carbonyl (C=O) groups is 1. The van der Waals surface area contributed by atoms with Gasteiger partial charge in [-0.05, 0) is 0 Å². The molecule has 6 heteroatoms. The lowest BCUT2D eigenvalue weighted by Gasteiger charge is -2.11. The third-order valence-corrected chi connectivity index (χ3v) is 1.15. The van der Waals surface area contributed by atoms with Gasteiger partial charge in [-0.2, -0.15) is 13.2 Å². The van der Waals surface area contributed by atoms with E-state index in [0.717, 1.165) is 0 Å². The van der Waals surface area contributed by atoms with Crippen molar-refractivity contribution in [3.05, 3.63) is 0 Å². The third-order valence-electron chi connectivity index (χ3n) is 0.841. The van der Waals surface area contributed by atoms with Crippen molar-refractivity contribution in [3.8, 4) is 0 Å². The molecular formula is C5H5ClF3O2-. The van der Waals surface area contributed by atoms with Crippen LogP contribution in [0.5, 0.6) is 0 Å². The van der Waals surface area contributed by atoms with Gasteiger partial charge in [0.15, 0.2) is 0 Å². The molecule has 0 rings (SSSR count). The minimum atomic E-state index is -4.41. The first-order valence-electron chi connectivity index (χ1n) is 2.72. The molecule has 0 aromatic heterocycles. The zero-order valence-electron chi connectivity index (χ0n) is 5.32. The van der Waals surface area contributed by atoms with Crippen LogP contribution in [0.2, 0.25) is 0 Å². The molecule has 1 atom stereocenters. The van der Waals surface area contributed by atoms with Gasteiger partial charge in [-0.15, -0.1) is 11.6 Å². The minimum absolute atomic E-state index is 0.777. The Bertz CT molecular complexity index is 145. The minimum Gasteiger partial charge on any atom is -0.550 e. The molecule has 0 saturated heterocycles. The largest absolute Gasteiger partial charge is 0.550 e. The van der Waals surface area contributed by atoms with Gasteiger partial charge in [0.2, 0.25) is 0 Å². The summed E-state index contributed by atoms with van der Waals surface area (Å²) in [7, 11) is 0. The molecule has 0 aromatic carbocycles. The number of carboxylic acids is 1. The molecule has 0 bridgehead atoms. The molecule has 0 radical (unpaired) electrons. The van der Waals surface area contributed by atoms with Crippen LogP contribution in [0.1, 0.15) is 12.8 Å². The van der Waals surface area contributed by atoms with E-state index in [1.807, 2.05) is 0 Å². The molecule has 2 nitrogen and oxygen atoms in total. The molecule has 0 N–H and O–H groups in total. The van der Waals surface area contributed by atoms with Gasteiger partial charge in [-0.3, -0.25) is 0 Å². The van der Waals surface area contributed by atoms with Crippen molar-refractivity contribution in [1.82, 2.24) is 0 Å². The highest BCUT2D eigenvalue weighted by Gasteiger charge is 2.30. The van der Waals surface area contributed by atoms with Crippen LogP contribution in [-0.4, -0.2) is 17.5 Å². The lowest BCUT2D eigenvalue weighted by molar-refractivity contribution is -0.305. The Morgan fingerprint density at radius 3 is 2.27 bits per heavy atom. The van der Waals surface area contributed by atoms with Gasteiger partial charge in [-0.1, -0.05) is 0 Å². The summed E-state index contributed by atoms with van der Waals surface area (Å²) < 4.78 is 34.4. The first-order chi connectivity index (χ1) is 4.81. The average molecular weight is 190 g/mol. The number of rotatable bonds is 3. The van der Waals surface area contributed by atoms with Gasteiger partial charge in [0.1, 0.15) is 0 Å². The SMILES string of the molecule is O=C([O-])CC(Cl)CC(F)(F)F. The highest BCUT2D eigenvalue weighted by Crippen LogP contribution is 2.25. The number of aliphatic carboxylic acids is 1. The normalized spacial score (nSPS) is 14.5. The van der Waals surface area contributed by atoms with Crippen molar-refractivity contribution in [1.29, 1.82) is 0 Å². The Morgan fingerprint density at radius 2 is 2.00 bits per heavy atom. The topological polar surface area (TPSA) is 40.1 Å². The molecule has 0 heterocycles. The van der Waals surface area contributed by atoms with Gasteiger partial charge in [0.05, 0.1) is 6.42 Å². The summed E-state index contributed by atoms with van der Waals surface area (Å²) in [5, 5.41) is 8.30. The Labute approximate surface area is 66.0 Å². The molecule has 0 fully saturated rings. The number of hydrogen-bond donors (Lipinski definition) is 0. The zero-order chi connectivity index (χ0) is 9.07. The second-order valence-electron chi connectivity index (χ2n) is 1.99. The monoisotopic (exact) mass is 189 g/mol. The van der Waals surface area contributed by atoms with Crippen molar-refractivity contribution in [2.45, 2.75) is 24.4 Å². The maximum Gasteiger partial charge on any atom is 0.390 e. The summed E-state index contributed by atoms with van der Waals surface area (Å²) in [6.45, 7) is 0. The second-order valence-corrected chi connectivity index (χ2v) is 2.61. The Hall–Kier alpha value is -0.450. The van der Waals surface area contributed by atoms with Gasteiger partial charge in [-0.25, -0.2) is 0 Å². The first kappa shape index (κ1) is 10.6. The number of alkyl halides is 4. The predicted molar refractivity (Wildman–Crippen MR) is 29.9 cm³/mol. The Morgan fingerprint density at radius 1 is 1.55 bits per heavy atom. The summed E-state index contributed by atoms with van der Waals surface area (Å²) in [5.74, 6) is -1.57. The van der Waals surface area contributed by atoms with E-state index in [4.69, 9.17) is 11.6 Å². The van der Waals surface area contributed by atoms with Gasteiger partial charge >= 0.3 is 6.18 Å². The number of hydrogen-bond acceptors (Lipinski definition) is 2. The Kier molecular flexibility index (Phi) is 3.65. The van der Waals surface area contributed by atoms with Crippen LogP contribution >= 0.6 is 11.6 Å². The lowest BCUT2D eigenvalue weighted by Crippen LogP contribution is -2.27. The molecule has 0 amide bonds. The molecule has 1 unspecified atom stereocenters. The molecule has 11 heavy (non-hydrogen) atoms. The summed E-state index contributed by atoms with van der Waals surface area (Å²) >= 11 is 5.02. The quantitative estimate of drug-likeness (QED) is 0.613. The average Bonchev–Trinajstić information content (AvgIpc) is 1.53. The van der Waals surface area contributed by atoms with Crippen molar-refractivity contribution in [2.24, 2.45) is 0 Å². The van der Waals surface area contributed by atoms with Crippen molar-refractivity contribution >= 4 is 17.6 Å². The maximum atomic E-state index is 11.5. The fraction of sp³-hybridized carbons (Fsp3) is 0.800. The Balaban J connectivity index is 3.69. The van der Waals surface area contributed by atoms with Crippen LogP contribution in [0.15, 0.2) is 0 Å². The maximum absolute atomic E-state index is 11.5. The van der Waals surface area contributed by atoms with E-state index >= 15 is 0 Å². The van der Waals surface area contributed by atoms with E-state index in [1.165, 1.54) is 0 Å². The summed E-state index contributed by atoms with van der Waals surface area (Å²) in [4.78, 5) is 9.73. The van der Waals surface area contributed by atoms with Crippen molar-refractivity contribution in [2.75, 3.05) is 0 Å². The molecule has 0 spiro atoms. The predicted octanol–water partition coefficient (Wildman–Crippen LogP) is 0.686. The number of halogens is 4. The molecule has 0 aliphatic carbocycles. The number of carbonyl (C=O) groups excluding carboxylic acids is 1. The van der Waals surface area contributed by atoms with Gasteiger partial charge in [0, 0.05) is 17.8 Å². The van der Waals surface area contributed by atoms with E-state index in [1.54, 1.807) is 0 Å². The first-order valence-corrected chi connectivity index (χ1v) is 3.15. The van der Waals surface area contributed by atoms with E-state index in [0.29, 0.717) is 0 Å². The highest BCUT2D eigenvalue weighted by atomic mass is 35.5. The van der Waals surface area contributed by atoms with E-state index < -0.39 is 30.4 Å². The molecule has 66 valence electrons. The van der Waals surface area contributed by atoms with Crippen LogP contribution in [0, 0.1) is 0 Å². The summed E-state index contributed by atoms with van der Waals surface area (Å²) in [6.07, 6.45) is -6.49. The smallest absolute Gasteiger partial charge is 0.390 e. The molecule has 0 aromatic rings. The summed E-state index contributed by atoms with van der Waals surface area (Å²) in [6, 6.07) is 0. The lowest BCUT2D eigenvalue weighted by atomic mass is 10.2. The zero-order valence-corrected chi connectivity index (χ0v) is 6.08. The van der Waals surface area contributed by atoms with Crippen molar-refractivity contribution < 1.29 is 23.1 Å². The van der Waals surface area contributed by atoms with Crippen LogP contribution in [0.25, 0.3) is 0 Å². The van der Waals surface area contributed by atoms with Crippen molar-refractivity contribution in [3.63, 3.8) is 0 Å². The molecular weight excluding hydrogens is 184 g/mol. The fourth-order valence-electron chi connectivity index (χ4n) is 0.504. The number of carboxylic acid groups (broad SMARTS) is 1. The van der Waals surface area contributed by atoms with Crippen LogP contribution in [0.4, 0.5) is 13.2 Å². The molecule has 0 aliphatic rings. The molecule has 0 aliphatic heterocycles. The van der Waals surface area contributed by atoms with Crippen LogP contribution in [0.3, 0.4) is 0 Å². The van der Waals surface area contributed by atoms with E-state index in [2.05, 4.69) is 0 Å². The van der Waals surface area contributed by atoms with Crippen LogP contribution < -0.4 is 5.11 Å². The third kappa shape index (κ3) is 7.45. The van der Waals surface area contributed by atoms with E-state index in [-0.39, 0.29) is 0 Å². The summed E-state index contributed by atoms with van der Waals surface area (Å²) in [5.41, 5.74) is 0. The molecule has 0 saturated carbocycles. The van der Waals surface area contributed by atoms with E-state index in [9.17, 15) is 23.1 Å². The van der Waals surface area contributed by atoms with Gasteiger partial charge < -0.3 is 9.90 Å².